The first-order valence-electron chi connectivity index (χ1n) is 9.22. The van der Waals surface area contributed by atoms with Gasteiger partial charge in [0.15, 0.2) is 0 Å². The molecular formula is C21H23NO5. The van der Waals surface area contributed by atoms with Crippen LogP contribution >= 0.6 is 0 Å². The van der Waals surface area contributed by atoms with Crippen LogP contribution in [0.25, 0.3) is 11.0 Å². The number of aromatic hydroxyl groups is 1. The summed E-state index contributed by atoms with van der Waals surface area (Å²) in [5.41, 5.74) is 1.46. The van der Waals surface area contributed by atoms with E-state index in [-0.39, 0.29) is 11.9 Å². The summed E-state index contributed by atoms with van der Waals surface area (Å²) in [4.78, 5) is 14.3. The van der Waals surface area contributed by atoms with E-state index in [4.69, 9.17) is 13.6 Å². The van der Waals surface area contributed by atoms with Crippen molar-refractivity contribution in [3.8, 4) is 5.75 Å². The fourth-order valence-electron chi connectivity index (χ4n) is 3.67. The molecule has 0 spiro atoms. The number of rotatable bonds is 6. The molecule has 0 saturated carbocycles. The quantitative estimate of drug-likeness (QED) is 0.669. The van der Waals surface area contributed by atoms with Crippen molar-refractivity contribution in [3.05, 3.63) is 63.9 Å². The second-order valence-electron chi connectivity index (χ2n) is 7.06. The van der Waals surface area contributed by atoms with E-state index in [0.29, 0.717) is 24.2 Å². The first-order valence-corrected chi connectivity index (χ1v) is 9.22. The first kappa shape index (κ1) is 17.8. The largest absolute Gasteiger partial charge is 0.508 e. The van der Waals surface area contributed by atoms with Gasteiger partial charge in [-0.15, -0.1) is 0 Å². The van der Waals surface area contributed by atoms with Crippen LogP contribution in [0.2, 0.25) is 0 Å². The van der Waals surface area contributed by atoms with Gasteiger partial charge in [-0.2, -0.15) is 0 Å². The minimum absolute atomic E-state index is 0.120. The van der Waals surface area contributed by atoms with E-state index >= 15 is 0 Å². The number of phenolic OH excluding ortho intramolecular Hbond substituents is 1. The standard InChI is InChI=1S/C21H23NO5/c1-14-19(23)7-6-18-15(10-20(24)27-21(14)18)11-22(12-16-4-2-8-25-16)13-17-5-3-9-26-17/h2,4,6-8,10,17,23H,3,5,9,11-13H2,1H3. The Kier molecular flexibility index (Phi) is 5.01. The summed E-state index contributed by atoms with van der Waals surface area (Å²) >= 11 is 0. The van der Waals surface area contributed by atoms with Gasteiger partial charge in [-0.05, 0) is 49.6 Å². The maximum absolute atomic E-state index is 12.1. The Bertz CT molecular complexity index is 970. The van der Waals surface area contributed by atoms with Crippen molar-refractivity contribution in [1.29, 1.82) is 0 Å². The normalized spacial score (nSPS) is 17.2. The third-order valence-corrected chi connectivity index (χ3v) is 5.06. The number of aryl methyl sites for hydroxylation is 1. The third kappa shape index (κ3) is 3.91. The summed E-state index contributed by atoms with van der Waals surface area (Å²) in [5, 5.41) is 10.8. The molecule has 27 heavy (non-hydrogen) atoms. The molecule has 1 aliphatic heterocycles. The number of hydrogen-bond donors (Lipinski definition) is 1. The van der Waals surface area contributed by atoms with Crippen LogP contribution in [-0.4, -0.2) is 29.3 Å². The second-order valence-corrected chi connectivity index (χ2v) is 7.06. The fraction of sp³-hybridized carbons (Fsp3) is 0.381. The molecule has 1 aliphatic rings. The maximum atomic E-state index is 12.1. The molecule has 0 amide bonds. The average molecular weight is 369 g/mol. The van der Waals surface area contributed by atoms with Crippen molar-refractivity contribution in [2.45, 2.75) is 39.0 Å². The molecule has 1 unspecified atom stereocenters. The number of nitrogens with zero attached hydrogens (tertiary/aromatic N) is 1. The molecule has 1 atom stereocenters. The lowest BCUT2D eigenvalue weighted by Crippen LogP contribution is -2.31. The van der Waals surface area contributed by atoms with Crippen molar-refractivity contribution in [3.63, 3.8) is 0 Å². The molecule has 0 radical (unpaired) electrons. The molecule has 6 nitrogen and oxygen atoms in total. The Hall–Kier alpha value is -2.57. The Balaban J connectivity index is 1.67. The number of hydrogen-bond acceptors (Lipinski definition) is 6. The van der Waals surface area contributed by atoms with Crippen LogP contribution in [0.3, 0.4) is 0 Å². The van der Waals surface area contributed by atoms with Crippen LogP contribution in [0.15, 0.2) is 50.2 Å². The van der Waals surface area contributed by atoms with Crippen molar-refractivity contribution >= 4 is 11.0 Å². The lowest BCUT2D eigenvalue weighted by Gasteiger charge is -2.25. The number of ether oxygens (including phenoxy) is 1. The monoisotopic (exact) mass is 369 g/mol. The Morgan fingerprint density at radius 3 is 2.89 bits per heavy atom. The van der Waals surface area contributed by atoms with Gasteiger partial charge in [0.2, 0.25) is 0 Å². The lowest BCUT2D eigenvalue weighted by molar-refractivity contribution is 0.0656. The van der Waals surface area contributed by atoms with Gasteiger partial charge >= 0.3 is 5.63 Å². The van der Waals surface area contributed by atoms with E-state index < -0.39 is 5.63 Å². The molecule has 0 bridgehead atoms. The number of furan rings is 1. The zero-order chi connectivity index (χ0) is 18.8. The first-order chi connectivity index (χ1) is 13.1. The predicted molar refractivity (Wildman–Crippen MR) is 101 cm³/mol. The van der Waals surface area contributed by atoms with Crippen molar-refractivity contribution in [2.24, 2.45) is 0 Å². The molecule has 4 rings (SSSR count). The number of phenols is 1. The molecule has 1 N–H and O–H groups in total. The van der Waals surface area contributed by atoms with E-state index in [1.165, 1.54) is 6.07 Å². The maximum Gasteiger partial charge on any atom is 0.336 e. The van der Waals surface area contributed by atoms with E-state index in [9.17, 15) is 9.90 Å². The third-order valence-electron chi connectivity index (χ3n) is 5.06. The van der Waals surface area contributed by atoms with Gasteiger partial charge in [-0.3, -0.25) is 4.90 Å². The van der Waals surface area contributed by atoms with Crippen LogP contribution in [0.5, 0.6) is 5.75 Å². The zero-order valence-electron chi connectivity index (χ0n) is 15.3. The predicted octanol–water partition coefficient (Wildman–Crippen LogP) is 3.58. The van der Waals surface area contributed by atoms with Crippen LogP contribution in [0.4, 0.5) is 0 Å². The molecule has 1 saturated heterocycles. The van der Waals surface area contributed by atoms with Crippen molar-refractivity contribution < 1.29 is 18.7 Å². The summed E-state index contributed by atoms with van der Waals surface area (Å²) in [6.45, 7) is 4.50. The van der Waals surface area contributed by atoms with Gasteiger partial charge in [0, 0.05) is 36.7 Å². The molecule has 3 aromatic rings. The molecule has 142 valence electrons. The SMILES string of the molecule is Cc1c(O)ccc2c(CN(Cc3ccco3)CC3CCCO3)cc(=O)oc12. The fourth-order valence-corrected chi connectivity index (χ4v) is 3.67. The average Bonchev–Trinajstić information content (AvgIpc) is 3.32. The Morgan fingerprint density at radius 1 is 1.26 bits per heavy atom. The van der Waals surface area contributed by atoms with E-state index in [1.54, 1.807) is 25.3 Å². The Morgan fingerprint density at radius 2 is 2.15 bits per heavy atom. The smallest absolute Gasteiger partial charge is 0.336 e. The zero-order valence-corrected chi connectivity index (χ0v) is 15.3. The van der Waals surface area contributed by atoms with Crippen LogP contribution in [-0.2, 0) is 17.8 Å². The van der Waals surface area contributed by atoms with Gasteiger partial charge in [-0.25, -0.2) is 4.79 Å². The van der Waals surface area contributed by atoms with Crippen molar-refractivity contribution in [2.75, 3.05) is 13.2 Å². The minimum atomic E-state index is -0.415. The summed E-state index contributed by atoms with van der Waals surface area (Å²) in [6.07, 6.45) is 3.98. The summed E-state index contributed by atoms with van der Waals surface area (Å²) in [6, 6.07) is 8.79. The van der Waals surface area contributed by atoms with Crippen molar-refractivity contribution in [1.82, 2.24) is 4.90 Å². The van der Waals surface area contributed by atoms with Gasteiger partial charge in [0.25, 0.3) is 0 Å². The number of benzene rings is 1. The van der Waals surface area contributed by atoms with E-state index in [0.717, 1.165) is 42.7 Å². The molecule has 1 fully saturated rings. The summed E-state index contributed by atoms with van der Waals surface area (Å²) < 4.78 is 16.7. The topological polar surface area (TPSA) is 76.1 Å². The minimum Gasteiger partial charge on any atom is -0.508 e. The highest BCUT2D eigenvalue weighted by molar-refractivity contribution is 5.84. The molecule has 1 aromatic carbocycles. The highest BCUT2D eigenvalue weighted by Crippen LogP contribution is 2.28. The van der Waals surface area contributed by atoms with Crippen LogP contribution < -0.4 is 5.63 Å². The highest BCUT2D eigenvalue weighted by atomic mass is 16.5. The van der Waals surface area contributed by atoms with Gasteiger partial charge in [-0.1, -0.05) is 0 Å². The molecular weight excluding hydrogens is 346 g/mol. The van der Waals surface area contributed by atoms with Crippen LogP contribution in [0.1, 0.15) is 29.7 Å². The number of fused-ring (bicyclic) bond motifs is 1. The lowest BCUT2D eigenvalue weighted by atomic mass is 10.1. The summed E-state index contributed by atoms with van der Waals surface area (Å²) in [5.74, 6) is 0.990. The second kappa shape index (κ2) is 7.58. The molecule has 0 aliphatic carbocycles. The van der Waals surface area contributed by atoms with Gasteiger partial charge in [0.05, 0.1) is 18.9 Å². The molecule has 3 heterocycles. The van der Waals surface area contributed by atoms with Crippen LogP contribution in [0, 0.1) is 6.92 Å². The van der Waals surface area contributed by atoms with Gasteiger partial charge < -0.3 is 18.7 Å². The highest BCUT2D eigenvalue weighted by Gasteiger charge is 2.21. The molecule has 2 aromatic heterocycles. The van der Waals surface area contributed by atoms with E-state index in [2.05, 4.69) is 4.90 Å². The molecule has 6 heteroatoms. The summed E-state index contributed by atoms with van der Waals surface area (Å²) in [7, 11) is 0. The Labute approximate surface area is 157 Å². The van der Waals surface area contributed by atoms with Gasteiger partial charge in [0.1, 0.15) is 17.1 Å². The van der Waals surface area contributed by atoms with E-state index in [1.807, 2.05) is 12.1 Å².